The molecule has 0 aliphatic heterocycles. The highest BCUT2D eigenvalue weighted by molar-refractivity contribution is 14.0. The standard InChI is InChI=1S/C20H29FN4O.HI/c1-4-25(5-2)18(19-7-6-14-26-19)15-24-20(22-3)23-13-12-16-8-10-17(21)11-9-16;/h6-11,14,18H,4-5,12-13,15H2,1-3H3,(H2,22,23,24);1H. The van der Waals surface area contributed by atoms with E-state index in [-0.39, 0.29) is 35.8 Å². The third kappa shape index (κ3) is 7.50. The molecular formula is C20H30FIN4O. The largest absolute Gasteiger partial charge is 0.468 e. The van der Waals surface area contributed by atoms with Crippen LogP contribution in [0.2, 0.25) is 0 Å². The Balaban J connectivity index is 0.00000364. The third-order valence-corrected chi connectivity index (χ3v) is 4.43. The van der Waals surface area contributed by atoms with Gasteiger partial charge in [0.05, 0.1) is 12.3 Å². The van der Waals surface area contributed by atoms with Crippen LogP contribution in [0.25, 0.3) is 0 Å². The molecule has 7 heteroatoms. The molecule has 0 spiro atoms. The zero-order valence-corrected chi connectivity index (χ0v) is 18.6. The molecule has 150 valence electrons. The van der Waals surface area contributed by atoms with Crippen LogP contribution in [0.5, 0.6) is 0 Å². The summed E-state index contributed by atoms with van der Waals surface area (Å²) in [4.78, 5) is 6.63. The Labute approximate surface area is 178 Å². The van der Waals surface area contributed by atoms with Gasteiger partial charge in [0.1, 0.15) is 11.6 Å². The highest BCUT2D eigenvalue weighted by Crippen LogP contribution is 2.20. The molecule has 1 unspecified atom stereocenters. The van der Waals surface area contributed by atoms with Crippen LogP contribution in [0, 0.1) is 5.82 Å². The van der Waals surface area contributed by atoms with E-state index in [2.05, 4.69) is 34.4 Å². The van der Waals surface area contributed by atoms with Crippen LogP contribution in [0.3, 0.4) is 0 Å². The molecule has 0 aliphatic rings. The summed E-state index contributed by atoms with van der Waals surface area (Å²) in [7, 11) is 1.76. The van der Waals surface area contributed by atoms with Crippen molar-refractivity contribution in [1.82, 2.24) is 15.5 Å². The number of rotatable bonds is 9. The Morgan fingerprint density at radius 3 is 2.41 bits per heavy atom. The lowest BCUT2D eigenvalue weighted by atomic mass is 10.1. The minimum absolute atomic E-state index is 0. The van der Waals surface area contributed by atoms with Crippen molar-refractivity contribution in [3.63, 3.8) is 0 Å². The van der Waals surface area contributed by atoms with Crippen molar-refractivity contribution in [1.29, 1.82) is 0 Å². The van der Waals surface area contributed by atoms with Crippen molar-refractivity contribution in [2.24, 2.45) is 4.99 Å². The van der Waals surface area contributed by atoms with E-state index in [0.29, 0.717) is 6.54 Å². The smallest absolute Gasteiger partial charge is 0.191 e. The minimum atomic E-state index is -0.209. The second-order valence-corrected chi connectivity index (χ2v) is 6.01. The molecule has 27 heavy (non-hydrogen) atoms. The first-order valence-corrected chi connectivity index (χ1v) is 9.14. The van der Waals surface area contributed by atoms with Crippen molar-refractivity contribution in [3.8, 4) is 0 Å². The number of hydrogen-bond acceptors (Lipinski definition) is 3. The summed E-state index contributed by atoms with van der Waals surface area (Å²) in [6, 6.07) is 10.7. The van der Waals surface area contributed by atoms with Gasteiger partial charge in [-0.3, -0.25) is 9.89 Å². The number of hydrogen-bond donors (Lipinski definition) is 2. The summed E-state index contributed by atoms with van der Waals surface area (Å²) in [5, 5.41) is 6.68. The summed E-state index contributed by atoms with van der Waals surface area (Å²) in [6.45, 7) is 7.61. The first-order valence-electron chi connectivity index (χ1n) is 9.14. The van der Waals surface area contributed by atoms with Gasteiger partial charge < -0.3 is 15.1 Å². The minimum Gasteiger partial charge on any atom is -0.468 e. The fourth-order valence-electron chi connectivity index (χ4n) is 2.95. The average molecular weight is 488 g/mol. The molecule has 0 saturated carbocycles. The first kappa shape index (κ1) is 23.4. The van der Waals surface area contributed by atoms with E-state index >= 15 is 0 Å². The van der Waals surface area contributed by atoms with Crippen molar-refractivity contribution >= 4 is 29.9 Å². The van der Waals surface area contributed by atoms with Crippen molar-refractivity contribution in [3.05, 3.63) is 59.8 Å². The number of halogens is 2. The number of furan rings is 1. The summed E-state index contributed by atoms with van der Waals surface area (Å²) in [5.41, 5.74) is 1.09. The highest BCUT2D eigenvalue weighted by atomic mass is 127. The van der Waals surface area contributed by atoms with Gasteiger partial charge in [0.25, 0.3) is 0 Å². The van der Waals surface area contributed by atoms with E-state index in [1.807, 2.05) is 12.1 Å². The van der Waals surface area contributed by atoms with Gasteiger partial charge in [-0.2, -0.15) is 0 Å². The zero-order chi connectivity index (χ0) is 18.8. The summed E-state index contributed by atoms with van der Waals surface area (Å²) < 4.78 is 18.6. The zero-order valence-electron chi connectivity index (χ0n) is 16.2. The predicted molar refractivity (Wildman–Crippen MR) is 119 cm³/mol. The first-order chi connectivity index (χ1) is 12.7. The molecule has 0 aliphatic carbocycles. The topological polar surface area (TPSA) is 52.8 Å². The van der Waals surface area contributed by atoms with Crippen molar-refractivity contribution < 1.29 is 8.81 Å². The van der Waals surface area contributed by atoms with Crippen LogP contribution in [0.4, 0.5) is 4.39 Å². The lowest BCUT2D eigenvalue weighted by molar-refractivity contribution is 0.193. The van der Waals surface area contributed by atoms with E-state index in [1.54, 1.807) is 25.4 Å². The fourth-order valence-corrected chi connectivity index (χ4v) is 2.95. The third-order valence-electron chi connectivity index (χ3n) is 4.43. The predicted octanol–water partition coefficient (Wildman–Crippen LogP) is 3.83. The van der Waals surface area contributed by atoms with E-state index in [0.717, 1.165) is 43.3 Å². The van der Waals surface area contributed by atoms with Gasteiger partial charge in [0.2, 0.25) is 0 Å². The second kappa shape index (κ2) is 12.7. The molecule has 1 aromatic carbocycles. The Hall–Kier alpha value is -1.61. The molecule has 1 heterocycles. The van der Waals surface area contributed by atoms with Crippen LogP contribution < -0.4 is 10.6 Å². The van der Waals surface area contributed by atoms with Crippen LogP contribution >= 0.6 is 24.0 Å². The molecule has 0 bridgehead atoms. The maximum absolute atomic E-state index is 13.0. The molecule has 1 atom stereocenters. The monoisotopic (exact) mass is 488 g/mol. The number of nitrogens with zero attached hydrogens (tertiary/aromatic N) is 2. The number of aliphatic imine (C=N–C) groups is 1. The number of benzene rings is 1. The normalized spacial score (nSPS) is 12.6. The molecule has 0 radical (unpaired) electrons. The Kier molecular flexibility index (Phi) is 11.0. The van der Waals surface area contributed by atoms with Crippen molar-refractivity contribution in [2.75, 3.05) is 33.2 Å². The fraction of sp³-hybridized carbons (Fsp3) is 0.450. The van der Waals surface area contributed by atoms with E-state index in [1.165, 1.54) is 12.1 Å². The van der Waals surface area contributed by atoms with Gasteiger partial charge in [-0.1, -0.05) is 26.0 Å². The molecule has 5 nitrogen and oxygen atoms in total. The average Bonchev–Trinajstić information content (AvgIpc) is 3.19. The van der Waals surface area contributed by atoms with Gasteiger partial charge in [-0.25, -0.2) is 4.39 Å². The summed E-state index contributed by atoms with van der Waals surface area (Å²) >= 11 is 0. The van der Waals surface area contributed by atoms with Crippen LogP contribution in [0.15, 0.2) is 52.1 Å². The maximum atomic E-state index is 13.0. The molecule has 0 amide bonds. The van der Waals surface area contributed by atoms with E-state index < -0.39 is 0 Å². The molecular weight excluding hydrogens is 458 g/mol. The number of guanidine groups is 1. The van der Waals surface area contributed by atoms with Crippen LogP contribution in [-0.2, 0) is 6.42 Å². The maximum Gasteiger partial charge on any atom is 0.191 e. The molecule has 1 aromatic heterocycles. The molecule has 0 saturated heterocycles. The Morgan fingerprint density at radius 2 is 1.85 bits per heavy atom. The van der Waals surface area contributed by atoms with Gasteiger partial charge in [0, 0.05) is 20.1 Å². The molecule has 2 rings (SSSR count). The molecule has 2 N–H and O–H groups in total. The van der Waals surface area contributed by atoms with Gasteiger partial charge in [-0.15, -0.1) is 24.0 Å². The quantitative estimate of drug-likeness (QED) is 0.320. The summed E-state index contributed by atoms with van der Waals surface area (Å²) in [5.74, 6) is 1.48. The highest BCUT2D eigenvalue weighted by Gasteiger charge is 2.20. The summed E-state index contributed by atoms with van der Waals surface area (Å²) in [6.07, 6.45) is 2.51. The van der Waals surface area contributed by atoms with Gasteiger partial charge >= 0.3 is 0 Å². The Morgan fingerprint density at radius 1 is 1.15 bits per heavy atom. The SMILES string of the molecule is CCN(CC)C(CNC(=NC)NCCc1ccc(F)cc1)c1ccco1.I. The second-order valence-electron chi connectivity index (χ2n) is 6.01. The molecule has 2 aromatic rings. The van der Waals surface area contributed by atoms with Crippen LogP contribution in [0.1, 0.15) is 31.2 Å². The van der Waals surface area contributed by atoms with Crippen molar-refractivity contribution in [2.45, 2.75) is 26.3 Å². The van der Waals surface area contributed by atoms with Gasteiger partial charge in [0.15, 0.2) is 5.96 Å². The number of nitrogens with one attached hydrogen (secondary N) is 2. The van der Waals surface area contributed by atoms with Gasteiger partial charge in [-0.05, 0) is 49.3 Å². The Bertz CT molecular complexity index is 657. The lowest BCUT2D eigenvalue weighted by Gasteiger charge is -2.28. The lowest BCUT2D eigenvalue weighted by Crippen LogP contribution is -2.43. The molecule has 0 fully saturated rings. The number of likely N-dealkylation sites (N-methyl/N-ethyl adjacent to an activating group) is 1. The van der Waals surface area contributed by atoms with Crippen LogP contribution in [-0.4, -0.2) is 44.1 Å². The van der Waals surface area contributed by atoms with E-state index in [4.69, 9.17) is 4.42 Å². The van der Waals surface area contributed by atoms with E-state index in [9.17, 15) is 4.39 Å².